The number of alkyl halides is 3. The Morgan fingerprint density at radius 2 is 2.00 bits per heavy atom. The first-order valence-corrected chi connectivity index (χ1v) is 4.74. The van der Waals surface area contributed by atoms with Gasteiger partial charge in [-0.25, -0.2) is 0 Å². The van der Waals surface area contributed by atoms with Gasteiger partial charge in [-0.05, 0) is 19.3 Å². The van der Waals surface area contributed by atoms with Gasteiger partial charge in [0.1, 0.15) is 5.78 Å². The van der Waals surface area contributed by atoms with Crippen molar-refractivity contribution in [3.05, 3.63) is 0 Å². The van der Waals surface area contributed by atoms with Crippen LogP contribution < -0.4 is 5.73 Å². The Morgan fingerprint density at radius 3 is 2.50 bits per heavy atom. The van der Waals surface area contributed by atoms with E-state index in [0.717, 1.165) is 0 Å². The lowest BCUT2D eigenvalue weighted by Crippen LogP contribution is -2.34. The highest BCUT2D eigenvalue weighted by atomic mass is 19.4. The van der Waals surface area contributed by atoms with Crippen molar-refractivity contribution >= 4 is 5.78 Å². The van der Waals surface area contributed by atoms with Crippen LogP contribution in [0.4, 0.5) is 13.2 Å². The summed E-state index contributed by atoms with van der Waals surface area (Å²) >= 11 is 0. The number of rotatable bonds is 2. The van der Waals surface area contributed by atoms with Crippen molar-refractivity contribution < 1.29 is 18.0 Å². The number of halogens is 3. The van der Waals surface area contributed by atoms with Crippen LogP contribution in [0.1, 0.15) is 25.7 Å². The molecule has 14 heavy (non-hydrogen) atoms. The third kappa shape index (κ3) is 2.70. The Labute approximate surface area is 80.7 Å². The molecule has 2 N–H and O–H groups in total. The first-order chi connectivity index (χ1) is 6.45. The van der Waals surface area contributed by atoms with Crippen molar-refractivity contribution in [1.82, 2.24) is 0 Å². The van der Waals surface area contributed by atoms with Crippen LogP contribution in [0.15, 0.2) is 0 Å². The summed E-state index contributed by atoms with van der Waals surface area (Å²) in [6, 6.07) is 0. The second-order valence-corrected chi connectivity index (χ2v) is 3.77. The number of ketones is 1. The van der Waals surface area contributed by atoms with Gasteiger partial charge in [0.15, 0.2) is 0 Å². The molecule has 0 saturated heterocycles. The van der Waals surface area contributed by atoms with E-state index in [-0.39, 0.29) is 25.2 Å². The summed E-state index contributed by atoms with van der Waals surface area (Å²) in [7, 11) is 0. The average Bonchev–Trinajstić information content (AvgIpc) is 2.15. The van der Waals surface area contributed by atoms with Crippen molar-refractivity contribution in [3.8, 4) is 0 Å². The van der Waals surface area contributed by atoms with Crippen LogP contribution in [0.3, 0.4) is 0 Å². The summed E-state index contributed by atoms with van der Waals surface area (Å²) in [6.45, 7) is -0.144. The quantitative estimate of drug-likeness (QED) is 0.754. The Kier molecular flexibility index (Phi) is 3.53. The maximum absolute atomic E-state index is 12.3. The number of nitrogens with two attached hydrogens (primary N) is 1. The summed E-state index contributed by atoms with van der Waals surface area (Å²) in [4.78, 5) is 11.1. The molecule has 1 fully saturated rings. The summed E-state index contributed by atoms with van der Waals surface area (Å²) in [5.41, 5.74) is 5.13. The zero-order chi connectivity index (χ0) is 10.8. The van der Waals surface area contributed by atoms with Crippen molar-refractivity contribution in [2.75, 3.05) is 6.54 Å². The van der Waals surface area contributed by atoms with E-state index in [0.29, 0.717) is 12.8 Å². The van der Waals surface area contributed by atoms with E-state index >= 15 is 0 Å². The SMILES string of the molecule is NCC(=O)C1CCCC(C(F)(F)F)C1. The molecule has 5 heteroatoms. The highest BCUT2D eigenvalue weighted by Crippen LogP contribution is 2.39. The van der Waals surface area contributed by atoms with Gasteiger partial charge in [-0.1, -0.05) is 6.42 Å². The first-order valence-electron chi connectivity index (χ1n) is 4.74. The second-order valence-electron chi connectivity index (χ2n) is 3.77. The number of Topliss-reactive ketones (excluding diaryl/α,β-unsaturated/α-hetero) is 1. The van der Waals surface area contributed by atoms with Crippen molar-refractivity contribution in [2.24, 2.45) is 17.6 Å². The zero-order valence-corrected chi connectivity index (χ0v) is 7.81. The van der Waals surface area contributed by atoms with Crippen LogP contribution in [0, 0.1) is 11.8 Å². The van der Waals surface area contributed by atoms with E-state index in [4.69, 9.17) is 5.73 Å². The number of hydrogen-bond acceptors (Lipinski definition) is 2. The molecule has 0 amide bonds. The minimum absolute atomic E-state index is 0.0699. The molecule has 0 aromatic carbocycles. The van der Waals surface area contributed by atoms with Crippen LogP contribution in [-0.2, 0) is 4.79 Å². The molecule has 2 unspecified atom stereocenters. The molecule has 82 valence electrons. The molecule has 1 saturated carbocycles. The van der Waals surface area contributed by atoms with E-state index in [1.807, 2.05) is 0 Å². The molecule has 0 heterocycles. The summed E-state index contributed by atoms with van der Waals surface area (Å²) in [5, 5.41) is 0. The predicted octanol–water partition coefficient (Wildman–Crippen LogP) is 1.88. The van der Waals surface area contributed by atoms with Gasteiger partial charge < -0.3 is 5.73 Å². The molecule has 2 nitrogen and oxygen atoms in total. The van der Waals surface area contributed by atoms with Crippen LogP contribution in [0.25, 0.3) is 0 Å². The monoisotopic (exact) mass is 209 g/mol. The first kappa shape index (κ1) is 11.5. The minimum atomic E-state index is -4.16. The Balaban J connectivity index is 2.56. The Hall–Kier alpha value is -0.580. The van der Waals surface area contributed by atoms with E-state index in [2.05, 4.69) is 0 Å². The molecular formula is C9H14F3NO. The topological polar surface area (TPSA) is 43.1 Å². The highest BCUT2D eigenvalue weighted by Gasteiger charge is 2.43. The number of hydrogen-bond donors (Lipinski definition) is 1. The molecular weight excluding hydrogens is 195 g/mol. The van der Waals surface area contributed by atoms with Crippen molar-refractivity contribution in [2.45, 2.75) is 31.9 Å². The standard InChI is InChI=1S/C9H14F3NO/c10-9(11,12)7-3-1-2-6(4-7)8(14)5-13/h6-7H,1-5,13H2. The molecule has 0 bridgehead atoms. The van der Waals surface area contributed by atoms with E-state index < -0.39 is 18.0 Å². The highest BCUT2D eigenvalue weighted by molar-refractivity contribution is 5.82. The van der Waals surface area contributed by atoms with Gasteiger partial charge in [-0.15, -0.1) is 0 Å². The predicted molar refractivity (Wildman–Crippen MR) is 45.6 cm³/mol. The lowest BCUT2D eigenvalue weighted by Gasteiger charge is -2.29. The molecule has 2 atom stereocenters. The fourth-order valence-electron chi connectivity index (χ4n) is 1.95. The second kappa shape index (κ2) is 4.29. The zero-order valence-electron chi connectivity index (χ0n) is 7.81. The Bertz CT molecular complexity index is 215. The van der Waals surface area contributed by atoms with E-state index in [1.54, 1.807) is 0 Å². The van der Waals surface area contributed by atoms with Crippen LogP contribution >= 0.6 is 0 Å². The smallest absolute Gasteiger partial charge is 0.324 e. The molecule has 0 radical (unpaired) electrons. The lowest BCUT2D eigenvalue weighted by atomic mass is 9.79. The Morgan fingerprint density at radius 1 is 1.36 bits per heavy atom. The van der Waals surface area contributed by atoms with Gasteiger partial charge in [0.25, 0.3) is 0 Å². The van der Waals surface area contributed by atoms with Crippen LogP contribution in [-0.4, -0.2) is 18.5 Å². The molecule has 1 rings (SSSR count). The maximum atomic E-state index is 12.3. The molecule has 1 aliphatic carbocycles. The fraction of sp³-hybridized carbons (Fsp3) is 0.889. The summed E-state index contributed by atoms with van der Waals surface area (Å²) in [6.07, 6.45) is -3.05. The third-order valence-electron chi connectivity index (χ3n) is 2.79. The number of carbonyl (C=O) groups is 1. The molecule has 0 spiro atoms. The fourth-order valence-corrected chi connectivity index (χ4v) is 1.95. The van der Waals surface area contributed by atoms with Gasteiger partial charge in [0.05, 0.1) is 12.5 Å². The van der Waals surface area contributed by atoms with Gasteiger partial charge in [0, 0.05) is 5.92 Å². The van der Waals surface area contributed by atoms with E-state index in [9.17, 15) is 18.0 Å². The van der Waals surface area contributed by atoms with Crippen LogP contribution in [0.5, 0.6) is 0 Å². The average molecular weight is 209 g/mol. The van der Waals surface area contributed by atoms with Crippen molar-refractivity contribution in [1.29, 1.82) is 0 Å². The molecule has 0 aromatic rings. The van der Waals surface area contributed by atoms with Gasteiger partial charge in [-0.2, -0.15) is 13.2 Å². The molecule has 1 aliphatic rings. The van der Waals surface area contributed by atoms with Gasteiger partial charge >= 0.3 is 6.18 Å². The van der Waals surface area contributed by atoms with Gasteiger partial charge in [-0.3, -0.25) is 4.79 Å². The largest absolute Gasteiger partial charge is 0.391 e. The minimum Gasteiger partial charge on any atom is -0.324 e. The molecule has 0 aromatic heterocycles. The third-order valence-corrected chi connectivity index (χ3v) is 2.79. The molecule has 0 aliphatic heterocycles. The normalized spacial score (nSPS) is 28.9. The van der Waals surface area contributed by atoms with Crippen molar-refractivity contribution in [3.63, 3.8) is 0 Å². The summed E-state index contributed by atoms with van der Waals surface area (Å²) < 4.78 is 37.0. The van der Waals surface area contributed by atoms with Crippen LogP contribution in [0.2, 0.25) is 0 Å². The van der Waals surface area contributed by atoms with E-state index in [1.165, 1.54) is 0 Å². The number of carbonyl (C=O) groups excluding carboxylic acids is 1. The lowest BCUT2D eigenvalue weighted by molar-refractivity contribution is -0.186. The summed E-state index contributed by atoms with van der Waals surface area (Å²) in [5.74, 6) is -2.02. The van der Waals surface area contributed by atoms with Gasteiger partial charge in [0.2, 0.25) is 0 Å². The maximum Gasteiger partial charge on any atom is 0.391 e.